The second-order valence-corrected chi connectivity index (χ2v) is 7.99. The third kappa shape index (κ3) is 2.53. The van der Waals surface area contributed by atoms with Crippen LogP contribution in [0.25, 0.3) is 22.6 Å². The van der Waals surface area contributed by atoms with E-state index >= 15 is 0 Å². The van der Waals surface area contributed by atoms with Gasteiger partial charge in [0.15, 0.2) is 11.2 Å². The molecule has 0 amide bonds. The van der Waals surface area contributed by atoms with E-state index in [1.807, 2.05) is 60.9 Å². The number of hydrogen-bond donors (Lipinski definition) is 0. The van der Waals surface area contributed by atoms with Gasteiger partial charge in [-0.05, 0) is 38.0 Å². The summed E-state index contributed by atoms with van der Waals surface area (Å²) in [5, 5.41) is 0.615. The van der Waals surface area contributed by atoms with E-state index in [9.17, 15) is 9.59 Å². The summed E-state index contributed by atoms with van der Waals surface area (Å²) >= 11 is 6.18. The van der Waals surface area contributed by atoms with Gasteiger partial charge in [-0.25, -0.2) is 4.79 Å². The van der Waals surface area contributed by atoms with Gasteiger partial charge in [-0.3, -0.25) is 22.9 Å². The van der Waals surface area contributed by atoms with Gasteiger partial charge in [0.2, 0.25) is 5.78 Å². The first-order valence-corrected chi connectivity index (χ1v) is 9.56. The first kappa shape index (κ1) is 18.6. The molecule has 0 aliphatic carbocycles. The van der Waals surface area contributed by atoms with Crippen molar-refractivity contribution in [1.82, 2.24) is 23.1 Å². The maximum absolute atomic E-state index is 13.2. The van der Waals surface area contributed by atoms with Gasteiger partial charge in [0.1, 0.15) is 0 Å². The average molecular weight is 400 g/mol. The van der Waals surface area contributed by atoms with Gasteiger partial charge in [-0.15, -0.1) is 0 Å². The highest BCUT2D eigenvalue weighted by Gasteiger charge is 2.23. The number of aromatic nitrogens is 5. The van der Waals surface area contributed by atoms with Gasteiger partial charge in [0, 0.05) is 30.0 Å². The normalized spacial score (nSPS) is 12.0. The number of imidazole rings is 2. The van der Waals surface area contributed by atoms with E-state index in [1.54, 1.807) is 7.05 Å². The van der Waals surface area contributed by atoms with E-state index in [0.29, 0.717) is 28.5 Å². The lowest BCUT2D eigenvalue weighted by Crippen LogP contribution is -2.40. The molecule has 0 saturated carbocycles. The molecule has 28 heavy (non-hydrogen) atoms. The molecule has 0 atom stereocenters. The van der Waals surface area contributed by atoms with Crippen molar-refractivity contribution < 1.29 is 0 Å². The SMILES string of the molecule is Cc1c(C)n2c3c(=O)n(CC(C)C)c(=O)n(C)c3nc2n1-c1cccc(Cl)c1. The molecule has 0 unspecified atom stereocenters. The van der Waals surface area contributed by atoms with E-state index in [4.69, 9.17) is 11.6 Å². The predicted molar refractivity (Wildman–Crippen MR) is 111 cm³/mol. The molecule has 146 valence electrons. The Morgan fingerprint density at radius 1 is 1.14 bits per heavy atom. The van der Waals surface area contributed by atoms with Crippen molar-refractivity contribution in [3.8, 4) is 5.69 Å². The molecule has 0 radical (unpaired) electrons. The highest BCUT2D eigenvalue weighted by molar-refractivity contribution is 6.30. The van der Waals surface area contributed by atoms with Crippen LogP contribution < -0.4 is 11.2 Å². The van der Waals surface area contributed by atoms with Crippen molar-refractivity contribution >= 4 is 28.5 Å². The molecule has 0 fully saturated rings. The van der Waals surface area contributed by atoms with Gasteiger partial charge in [0.25, 0.3) is 5.56 Å². The maximum atomic E-state index is 13.2. The minimum absolute atomic E-state index is 0.171. The number of nitrogens with zero attached hydrogens (tertiary/aromatic N) is 5. The summed E-state index contributed by atoms with van der Waals surface area (Å²) in [5.74, 6) is 0.756. The van der Waals surface area contributed by atoms with Gasteiger partial charge in [-0.2, -0.15) is 4.98 Å². The first-order chi connectivity index (χ1) is 13.2. The monoisotopic (exact) mass is 399 g/mol. The zero-order chi connectivity index (χ0) is 20.3. The van der Waals surface area contributed by atoms with Gasteiger partial charge >= 0.3 is 5.69 Å². The highest BCUT2D eigenvalue weighted by Crippen LogP contribution is 2.25. The van der Waals surface area contributed by atoms with Gasteiger partial charge < -0.3 is 0 Å². The predicted octanol–water partition coefficient (Wildman–Crippen LogP) is 3.06. The Bertz CT molecular complexity index is 1350. The zero-order valence-electron chi connectivity index (χ0n) is 16.5. The summed E-state index contributed by atoms with van der Waals surface area (Å²) in [4.78, 5) is 30.7. The number of aryl methyl sites for hydroxylation is 2. The number of rotatable bonds is 3. The molecular weight excluding hydrogens is 378 g/mol. The first-order valence-electron chi connectivity index (χ1n) is 9.18. The lowest BCUT2D eigenvalue weighted by Gasteiger charge is -2.10. The molecule has 0 bridgehead atoms. The Balaban J connectivity index is 2.18. The van der Waals surface area contributed by atoms with Gasteiger partial charge in [0.05, 0.1) is 5.69 Å². The summed E-state index contributed by atoms with van der Waals surface area (Å²) in [6.07, 6.45) is 0. The van der Waals surface area contributed by atoms with E-state index < -0.39 is 0 Å². The fraction of sp³-hybridized carbons (Fsp3) is 0.350. The fourth-order valence-electron chi connectivity index (χ4n) is 3.70. The molecule has 4 rings (SSSR count). The number of benzene rings is 1. The van der Waals surface area contributed by atoms with Crippen molar-refractivity contribution in [3.63, 3.8) is 0 Å². The Kier molecular flexibility index (Phi) is 4.23. The molecule has 0 saturated heterocycles. The minimum Gasteiger partial charge on any atom is -0.283 e. The summed E-state index contributed by atoms with van der Waals surface area (Å²) in [7, 11) is 1.65. The molecule has 0 spiro atoms. The Hall–Kier alpha value is -2.80. The zero-order valence-corrected chi connectivity index (χ0v) is 17.3. The molecule has 0 N–H and O–H groups in total. The Morgan fingerprint density at radius 3 is 2.50 bits per heavy atom. The molecular formula is C20H22ClN5O2. The van der Waals surface area contributed by atoms with E-state index in [-0.39, 0.29) is 17.2 Å². The van der Waals surface area contributed by atoms with Crippen LogP contribution in [0.3, 0.4) is 0 Å². The summed E-state index contributed by atoms with van der Waals surface area (Å²) in [5.41, 5.74) is 2.83. The van der Waals surface area contributed by atoms with Crippen LogP contribution in [0.2, 0.25) is 5.02 Å². The quantitative estimate of drug-likeness (QED) is 0.531. The molecule has 0 aliphatic rings. The lowest BCUT2D eigenvalue weighted by molar-refractivity contribution is 0.484. The Morgan fingerprint density at radius 2 is 1.86 bits per heavy atom. The average Bonchev–Trinajstić information content (AvgIpc) is 3.13. The molecule has 8 heteroatoms. The minimum atomic E-state index is -0.351. The van der Waals surface area contributed by atoms with Crippen LogP contribution in [-0.2, 0) is 13.6 Å². The van der Waals surface area contributed by atoms with Crippen LogP contribution >= 0.6 is 11.6 Å². The van der Waals surface area contributed by atoms with Crippen molar-refractivity contribution in [1.29, 1.82) is 0 Å². The third-order valence-corrected chi connectivity index (χ3v) is 5.37. The van der Waals surface area contributed by atoms with Crippen molar-refractivity contribution in [2.75, 3.05) is 0 Å². The number of halogens is 1. The van der Waals surface area contributed by atoms with Crippen molar-refractivity contribution in [2.45, 2.75) is 34.2 Å². The third-order valence-electron chi connectivity index (χ3n) is 5.13. The largest absolute Gasteiger partial charge is 0.332 e. The molecule has 0 aliphatic heterocycles. The molecule has 3 aromatic heterocycles. The number of fused-ring (bicyclic) bond motifs is 3. The lowest BCUT2D eigenvalue weighted by atomic mass is 10.2. The topological polar surface area (TPSA) is 66.2 Å². The van der Waals surface area contributed by atoms with E-state index in [1.165, 1.54) is 9.13 Å². The maximum Gasteiger partial charge on any atom is 0.332 e. The van der Waals surface area contributed by atoms with Crippen LogP contribution in [-0.4, -0.2) is 23.1 Å². The molecule has 1 aromatic carbocycles. The molecule has 4 aromatic rings. The van der Waals surface area contributed by atoms with Crippen molar-refractivity contribution in [3.05, 3.63) is 61.5 Å². The summed E-state index contributed by atoms with van der Waals surface area (Å²) in [6.45, 7) is 8.25. The fourth-order valence-corrected chi connectivity index (χ4v) is 3.89. The van der Waals surface area contributed by atoms with Crippen LogP contribution in [0.5, 0.6) is 0 Å². The molecule has 3 heterocycles. The second-order valence-electron chi connectivity index (χ2n) is 7.56. The van der Waals surface area contributed by atoms with E-state index in [2.05, 4.69) is 4.98 Å². The van der Waals surface area contributed by atoms with E-state index in [0.717, 1.165) is 17.1 Å². The van der Waals surface area contributed by atoms with Crippen LogP contribution in [0.1, 0.15) is 25.2 Å². The smallest absolute Gasteiger partial charge is 0.283 e. The van der Waals surface area contributed by atoms with Crippen LogP contribution in [0, 0.1) is 19.8 Å². The van der Waals surface area contributed by atoms with Gasteiger partial charge in [-0.1, -0.05) is 31.5 Å². The summed E-state index contributed by atoms with van der Waals surface area (Å²) in [6, 6.07) is 7.47. The highest BCUT2D eigenvalue weighted by atomic mass is 35.5. The second kappa shape index (κ2) is 6.38. The Labute approximate surface area is 166 Å². The summed E-state index contributed by atoms with van der Waals surface area (Å²) < 4.78 is 6.54. The molecule has 7 nitrogen and oxygen atoms in total. The van der Waals surface area contributed by atoms with Crippen molar-refractivity contribution in [2.24, 2.45) is 13.0 Å². The standard InChI is InChI=1S/C20H22ClN5O2/c1-11(2)10-24-18(27)16-17(23(5)20(24)28)22-19-25(12(3)13(4)26(16)19)15-8-6-7-14(21)9-15/h6-9,11H,10H2,1-5H3. The number of hydrogen-bond acceptors (Lipinski definition) is 3. The van der Waals surface area contributed by atoms with Crippen LogP contribution in [0.15, 0.2) is 33.9 Å². The van der Waals surface area contributed by atoms with Crippen LogP contribution in [0.4, 0.5) is 0 Å².